The quantitative estimate of drug-likeness (QED) is 0.739. The number of ether oxygens (including phenoxy) is 3. The second-order valence-corrected chi connectivity index (χ2v) is 8.49. The molecule has 0 saturated carbocycles. The lowest BCUT2D eigenvalue weighted by Gasteiger charge is -2.38. The summed E-state index contributed by atoms with van der Waals surface area (Å²) in [5.41, 5.74) is 0.442. The molecule has 0 atom stereocenters. The highest BCUT2D eigenvalue weighted by Gasteiger charge is 2.38. The number of hydrogen-bond donors (Lipinski definition) is 1. The zero-order valence-corrected chi connectivity index (χ0v) is 18.1. The third-order valence-corrected chi connectivity index (χ3v) is 6.09. The predicted molar refractivity (Wildman–Crippen MR) is 115 cm³/mol. The zero-order chi connectivity index (χ0) is 21.8. The predicted octanol–water partition coefficient (Wildman–Crippen LogP) is 3.39. The number of amides is 2. The molecule has 2 heterocycles. The largest absolute Gasteiger partial charge is 0.484 e. The second kappa shape index (κ2) is 9.06. The van der Waals surface area contributed by atoms with E-state index in [2.05, 4.69) is 5.32 Å². The van der Waals surface area contributed by atoms with Crippen LogP contribution in [0.1, 0.15) is 25.3 Å². The van der Waals surface area contributed by atoms with Crippen molar-refractivity contribution in [2.24, 2.45) is 5.41 Å². The molecule has 2 aromatic carbocycles. The van der Waals surface area contributed by atoms with Gasteiger partial charge in [0.1, 0.15) is 5.75 Å². The van der Waals surface area contributed by atoms with Crippen molar-refractivity contribution in [1.29, 1.82) is 0 Å². The molecule has 2 aliphatic rings. The molecule has 8 heteroatoms. The lowest BCUT2D eigenvalue weighted by molar-refractivity contribution is -0.141. The van der Waals surface area contributed by atoms with Crippen molar-refractivity contribution in [1.82, 2.24) is 10.2 Å². The molecule has 0 bridgehead atoms. The van der Waals surface area contributed by atoms with Crippen LogP contribution in [0.2, 0.25) is 5.02 Å². The summed E-state index contributed by atoms with van der Waals surface area (Å²) < 4.78 is 16.2. The summed E-state index contributed by atoms with van der Waals surface area (Å²) in [5.74, 6) is 1.93. The molecule has 1 N–H and O–H groups in total. The number of piperidine rings is 1. The summed E-state index contributed by atoms with van der Waals surface area (Å²) in [4.78, 5) is 27.1. The lowest BCUT2D eigenvalue weighted by Crippen LogP contribution is -2.49. The van der Waals surface area contributed by atoms with Crippen molar-refractivity contribution in [3.8, 4) is 17.2 Å². The first-order chi connectivity index (χ1) is 14.9. The van der Waals surface area contributed by atoms with E-state index >= 15 is 0 Å². The van der Waals surface area contributed by atoms with Gasteiger partial charge in [-0.05, 0) is 54.8 Å². The number of likely N-dealkylation sites (tertiary alicyclic amines) is 1. The van der Waals surface area contributed by atoms with Crippen molar-refractivity contribution >= 4 is 23.4 Å². The van der Waals surface area contributed by atoms with E-state index in [1.807, 2.05) is 25.1 Å². The standard InChI is InChI=1S/C23H25ClN2O5/c1-23(22(28)25-13-16-2-7-19-20(12-16)31-15-30-19)8-10-26(11-9-23)21(27)14-29-18-5-3-17(24)4-6-18/h2-7,12H,8-11,13-15H2,1H3,(H,25,28). The fourth-order valence-corrected chi connectivity index (χ4v) is 3.82. The number of carbonyl (C=O) groups is 2. The van der Waals surface area contributed by atoms with Gasteiger partial charge < -0.3 is 24.4 Å². The normalized spacial score (nSPS) is 16.6. The Morgan fingerprint density at radius 1 is 1.10 bits per heavy atom. The Balaban J connectivity index is 1.24. The molecule has 2 aliphatic heterocycles. The minimum absolute atomic E-state index is 0.00493. The summed E-state index contributed by atoms with van der Waals surface area (Å²) >= 11 is 5.85. The Bertz CT molecular complexity index is 955. The number of nitrogens with one attached hydrogen (secondary N) is 1. The first kappa shape index (κ1) is 21.3. The zero-order valence-electron chi connectivity index (χ0n) is 17.4. The van der Waals surface area contributed by atoms with E-state index in [0.29, 0.717) is 49.0 Å². The molecule has 1 fully saturated rings. The van der Waals surface area contributed by atoms with Gasteiger partial charge in [-0.25, -0.2) is 0 Å². The van der Waals surface area contributed by atoms with Crippen LogP contribution in [-0.2, 0) is 16.1 Å². The molecule has 0 aliphatic carbocycles. The van der Waals surface area contributed by atoms with Gasteiger partial charge in [0.25, 0.3) is 5.91 Å². The molecule has 2 aromatic rings. The topological polar surface area (TPSA) is 77.1 Å². The molecule has 7 nitrogen and oxygen atoms in total. The number of fused-ring (bicyclic) bond motifs is 1. The van der Waals surface area contributed by atoms with Gasteiger partial charge >= 0.3 is 0 Å². The average Bonchev–Trinajstić information content (AvgIpc) is 3.25. The van der Waals surface area contributed by atoms with Crippen LogP contribution < -0.4 is 19.5 Å². The third kappa shape index (κ3) is 5.05. The molecular formula is C23H25ClN2O5. The average molecular weight is 445 g/mol. The first-order valence-corrected chi connectivity index (χ1v) is 10.6. The number of benzene rings is 2. The van der Waals surface area contributed by atoms with E-state index in [9.17, 15) is 9.59 Å². The van der Waals surface area contributed by atoms with Crippen LogP contribution >= 0.6 is 11.6 Å². The highest BCUT2D eigenvalue weighted by molar-refractivity contribution is 6.30. The van der Waals surface area contributed by atoms with E-state index in [0.717, 1.165) is 11.3 Å². The monoisotopic (exact) mass is 444 g/mol. The van der Waals surface area contributed by atoms with Crippen LogP contribution in [-0.4, -0.2) is 43.2 Å². The summed E-state index contributed by atoms with van der Waals surface area (Å²) in [5, 5.41) is 3.64. The molecule has 2 amide bonds. The van der Waals surface area contributed by atoms with Crippen molar-refractivity contribution in [3.63, 3.8) is 0 Å². The molecule has 0 unspecified atom stereocenters. The Morgan fingerprint density at radius 3 is 2.55 bits per heavy atom. The van der Waals surface area contributed by atoms with E-state index in [4.69, 9.17) is 25.8 Å². The number of halogens is 1. The third-order valence-electron chi connectivity index (χ3n) is 5.83. The summed E-state index contributed by atoms with van der Waals surface area (Å²) in [6.45, 7) is 3.61. The lowest BCUT2D eigenvalue weighted by atomic mass is 9.79. The van der Waals surface area contributed by atoms with Gasteiger partial charge in [-0.2, -0.15) is 0 Å². The van der Waals surface area contributed by atoms with Crippen LogP contribution in [0.3, 0.4) is 0 Å². The van der Waals surface area contributed by atoms with E-state index in [-0.39, 0.29) is 25.2 Å². The molecular weight excluding hydrogens is 420 g/mol. The van der Waals surface area contributed by atoms with Crippen LogP contribution in [0.15, 0.2) is 42.5 Å². The van der Waals surface area contributed by atoms with Crippen molar-refractivity contribution < 1.29 is 23.8 Å². The molecule has 0 spiro atoms. The number of nitrogens with zero attached hydrogens (tertiary/aromatic N) is 1. The summed E-state index contributed by atoms with van der Waals surface area (Å²) in [6.07, 6.45) is 1.21. The Morgan fingerprint density at radius 2 is 1.81 bits per heavy atom. The van der Waals surface area contributed by atoms with Gasteiger partial charge in [0, 0.05) is 30.1 Å². The first-order valence-electron chi connectivity index (χ1n) is 10.3. The maximum Gasteiger partial charge on any atom is 0.260 e. The molecule has 0 aromatic heterocycles. The van der Waals surface area contributed by atoms with Crippen molar-refractivity contribution in [2.45, 2.75) is 26.3 Å². The molecule has 31 heavy (non-hydrogen) atoms. The molecule has 164 valence electrons. The maximum atomic E-state index is 12.8. The van der Waals surface area contributed by atoms with E-state index in [1.165, 1.54) is 0 Å². The van der Waals surface area contributed by atoms with Crippen LogP contribution in [0.5, 0.6) is 17.2 Å². The number of carbonyl (C=O) groups excluding carboxylic acids is 2. The van der Waals surface area contributed by atoms with Crippen LogP contribution in [0.25, 0.3) is 0 Å². The minimum Gasteiger partial charge on any atom is -0.484 e. The molecule has 4 rings (SSSR count). The summed E-state index contributed by atoms with van der Waals surface area (Å²) in [6, 6.07) is 12.5. The minimum atomic E-state index is -0.510. The summed E-state index contributed by atoms with van der Waals surface area (Å²) in [7, 11) is 0. The van der Waals surface area contributed by atoms with E-state index < -0.39 is 5.41 Å². The maximum absolute atomic E-state index is 12.8. The van der Waals surface area contributed by atoms with Gasteiger partial charge in [-0.15, -0.1) is 0 Å². The van der Waals surface area contributed by atoms with Crippen molar-refractivity contribution in [2.75, 3.05) is 26.5 Å². The van der Waals surface area contributed by atoms with Crippen LogP contribution in [0.4, 0.5) is 0 Å². The second-order valence-electron chi connectivity index (χ2n) is 8.05. The van der Waals surface area contributed by atoms with Gasteiger partial charge in [0.2, 0.25) is 12.7 Å². The Hall–Kier alpha value is -2.93. The van der Waals surface area contributed by atoms with Gasteiger partial charge in [0.05, 0.1) is 0 Å². The van der Waals surface area contributed by atoms with Crippen LogP contribution in [0, 0.1) is 5.41 Å². The number of rotatable bonds is 6. The van der Waals surface area contributed by atoms with Gasteiger partial charge in [0.15, 0.2) is 18.1 Å². The van der Waals surface area contributed by atoms with Crippen molar-refractivity contribution in [3.05, 3.63) is 53.1 Å². The highest BCUT2D eigenvalue weighted by Crippen LogP contribution is 2.33. The van der Waals surface area contributed by atoms with Gasteiger partial charge in [-0.3, -0.25) is 9.59 Å². The number of hydrogen-bond acceptors (Lipinski definition) is 5. The SMILES string of the molecule is CC1(C(=O)NCc2ccc3c(c2)OCO3)CCN(C(=O)COc2ccc(Cl)cc2)CC1. The van der Waals surface area contributed by atoms with E-state index in [1.54, 1.807) is 29.2 Å². The smallest absolute Gasteiger partial charge is 0.260 e. The molecule has 0 radical (unpaired) electrons. The highest BCUT2D eigenvalue weighted by atomic mass is 35.5. The molecule has 1 saturated heterocycles. The Labute approximate surface area is 186 Å². The van der Waals surface area contributed by atoms with Gasteiger partial charge in [-0.1, -0.05) is 24.6 Å². The fourth-order valence-electron chi connectivity index (χ4n) is 3.69. The Kier molecular flexibility index (Phi) is 6.23. The fraction of sp³-hybridized carbons (Fsp3) is 0.391.